The predicted octanol–water partition coefficient (Wildman–Crippen LogP) is 9.40. The lowest BCUT2D eigenvalue weighted by Gasteiger charge is -2.33. The first-order valence-corrected chi connectivity index (χ1v) is 14.4. The minimum Gasteiger partial charge on any atom is -0.228 e. The van der Waals surface area contributed by atoms with Crippen molar-refractivity contribution in [2.45, 2.75) is 18.3 Å². The van der Waals surface area contributed by atoms with Crippen molar-refractivity contribution in [3.05, 3.63) is 161 Å². The van der Waals surface area contributed by atoms with Crippen LogP contribution in [0.5, 0.6) is 0 Å². The zero-order chi connectivity index (χ0) is 27.0. The normalized spacial score (nSPS) is 18.0. The van der Waals surface area contributed by atoms with Crippen LogP contribution in [0.1, 0.15) is 35.1 Å². The van der Waals surface area contributed by atoms with E-state index in [1.807, 2.05) is 0 Å². The van der Waals surface area contributed by atoms with Gasteiger partial charge in [0.15, 0.2) is 5.82 Å². The largest absolute Gasteiger partial charge is 0.228 e. The first-order chi connectivity index (χ1) is 20.4. The summed E-state index contributed by atoms with van der Waals surface area (Å²) in [6.45, 7) is 0. The second kappa shape index (κ2) is 8.46. The van der Waals surface area contributed by atoms with E-state index in [2.05, 4.69) is 133 Å². The summed E-state index contributed by atoms with van der Waals surface area (Å²) in [5, 5.41) is 1.07. The third-order valence-electron chi connectivity index (χ3n) is 9.20. The molecule has 5 aromatic carbocycles. The molecule has 41 heavy (non-hydrogen) atoms. The van der Waals surface area contributed by atoms with Crippen molar-refractivity contribution in [2.24, 2.45) is 0 Å². The second-order valence-electron chi connectivity index (χ2n) is 11.2. The van der Waals surface area contributed by atoms with Crippen LogP contribution in [-0.4, -0.2) is 9.97 Å². The van der Waals surface area contributed by atoms with Crippen molar-refractivity contribution in [1.82, 2.24) is 9.97 Å². The molecule has 1 unspecified atom stereocenters. The molecular formula is C39H26N2. The van der Waals surface area contributed by atoms with Crippen LogP contribution in [-0.2, 0) is 5.41 Å². The van der Waals surface area contributed by atoms with Gasteiger partial charge in [-0.2, -0.15) is 0 Å². The van der Waals surface area contributed by atoms with Gasteiger partial charge in [0.05, 0.1) is 16.6 Å². The second-order valence-corrected chi connectivity index (χ2v) is 11.2. The Kier molecular flexibility index (Phi) is 4.68. The molecular weight excluding hydrogens is 496 g/mol. The van der Waals surface area contributed by atoms with E-state index in [1.165, 1.54) is 44.5 Å². The molecule has 3 aliphatic carbocycles. The maximum absolute atomic E-state index is 5.30. The number of rotatable bonds is 2. The van der Waals surface area contributed by atoms with Gasteiger partial charge in [-0.15, -0.1) is 0 Å². The Balaban J connectivity index is 1.38. The number of fused-ring (bicyclic) bond motifs is 10. The number of allylic oxidation sites excluding steroid dienone is 4. The molecule has 0 aliphatic heterocycles. The predicted molar refractivity (Wildman–Crippen MR) is 167 cm³/mol. The Morgan fingerprint density at radius 1 is 0.561 bits per heavy atom. The third-order valence-corrected chi connectivity index (χ3v) is 9.20. The molecule has 0 amide bonds. The lowest BCUT2D eigenvalue weighted by Crippen LogP contribution is -2.27. The molecule has 9 rings (SSSR count). The van der Waals surface area contributed by atoms with Gasteiger partial charge in [0.2, 0.25) is 0 Å². The van der Waals surface area contributed by atoms with E-state index in [-0.39, 0.29) is 5.41 Å². The summed E-state index contributed by atoms with van der Waals surface area (Å²) in [7, 11) is 0. The smallest absolute Gasteiger partial charge is 0.161 e. The van der Waals surface area contributed by atoms with Gasteiger partial charge >= 0.3 is 0 Å². The topological polar surface area (TPSA) is 25.8 Å². The van der Waals surface area contributed by atoms with Crippen molar-refractivity contribution in [1.29, 1.82) is 0 Å². The van der Waals surface area contributed by atoms with Gasteiger partial charge in [0.1, 0.15) is 0 Å². The Bertz CT molecular complexity index is 2100. The lowest BCUT2D eigenvalue weighted by molar-refractivity contribution is 0.714. The zero-order valence-electron chi connectivity index (χ0n) is 22.5. The number of hydrogen-bond acceptors (Lipinski definition) is 2. The van der Waals surface area contributed by atoms with Crippen LogP contribution < -0.4 is 0 Å². The highest BCUT2D eigenvalue weighted by Crippen LogP contribution is 2.64. The molecule has 0 radical (unpaired) electrons. The van der Waals surface area contributed by atoms with Crippen molar-refractivity contribution in [2.75, 3.05) is 0 Å². The highest BCUT2D eigenvalue weighted by atomic mass is 14.9. The number of nitrogens with zero attached hydrogens (tertiary/aromatic N) is 2. The minimum absolute atomic E-state index is 0.294. The van der Waals surface area contributed by atoms with Gasteiger partial charge < -0.3 is 0 Å². The van der Waals surface area contributed by atoms with Crippen LogP contribution in [0.3, 0.4) is 0 Å². The quantitative estimate of drug-likeness (QED) is 0.226. The number of para-hydroxylation sites is 1. The molecule has 1 heterocycles. The van der Waals surface area contributed by atoms with E-state index in [0.29, 0.717) is 0 Å². The lowest BCUT2D eigenvalue weighted by atomic mass is 9.68. The Morgan fingerprint density at radius 2 is 1.24 bits per heavy atom. The summed E-state index contributed by atoms with van der Waals surface area (Å²) < 4.78 is 0. The first-order valence-electron chi connectivity index (χ1n) is 14.4. The molecule has 0 N–H and O–H groups in total. The van der Waals surface area contributed by atoms with E-state index >= 15 is 0 Å². The fraction of sp³-hybridized carbons (Fsp3) is 0.0769. The fourth-order valence-corrected chi connectivity index (χ4v) is 7.66. The minimum atomic E-state index is -0.294. The van der Waals surface area contributed by atoms with Gasteiger partial charge in [0, 0.05) is 16.5 Å². The molecule has 0 bridgehead atoms. The zero-order valence-corrected chi connectivity index (χ0v) is 22.5. The van der Waals surface area contributed by atoms with E-state index in [4.69, 9.17) is 9.97 Å². The van der Waals surface area contributed by atoms with Crippen LogP contribution in [0.25, 0.3) is 50.2 Å². The van der Waals surface area contributed by atoms with E-state index in [1.54, 1.807) is 0 Å². The Hall–Kier alpha value is -5.08. The average Bonchev–Trinajstić information content (AvgIpc) is 3.52. The molecule has 0 saturated heterocycles. The fourth-order valence-electron chi connectivity index (χ4n) is 7.66. The van der Waals surface area contributed by atoms with Crippen LogP contribution in [0.4, 0.5) is 0 Å². The molecule has 0 fully saturated rings. The van der Waals surface area contributed by atoms with E-state index < -0.39 is 0 Å². The van der Waals surface area contributed by atoms with E-state index in [0.717, 1.165) is 46.4 Å². The first kappa shape index (κ1) is 22.7. The summed E-state index contributed by atoms with van der Waals surface area (Å²) in [6.07, 6.45) is 6.82. The summed E-state index contributed by atoms with van der Waals surface area (Å²) in [4.78, 5) is 10.5. The van der Waals surface area contributed by atoms with Gasteiger partial charge in [-0.1, -0.05) is 127 Å². The molecule has 1 aromatic heterocycles. The highest BCUT2D eigenvalue weighted by Gasteiger charge is 2.53. The molecule has 3 aliphatic rings. The molecule has 2 nitrogen and oxygen atoms in total. The third kappa shape index (κ3) is 2.97. The SMILES string of the molecule is C1=CC2=C(CC1)C1(c3ccccc32)c2ccccc2-c2c(-c3nc(-c4ccccc4)c4ccccc4n3)cccc21. The van der Waals surface area contributed by atoms with Crippen molar-refractivity contribution >= 4 is 16.5 Å². The van der Waals surface area contributed by atoms with Crippen molar-refractivity contribution in [3.63, 3.8) is 0 Å². The molecule has 6 aromatic rings. The number of aromatic nitrogens is 2. The molecule has 1 atom stereocenters. The van der Waals surface area contributed by atoms with Crippen molar-refractivity contribution in [3.8, 4) is 33.8 Å². The van der Waals surface area contributed by atoms with Crippen molar-refractivity contribution < 1.29 is 0 Å². The molecule has 2 heteroatoms. The van der Waals surface area contributed by atoms with Crippen LogP contribution in [0.2, 0.25) is 0 Å². The molecule has 1 spiro atoms. The van der Waals surface area contributed by atoms with Crippen LogP contribution >= 0.6 is 0 Å². The Morgan fingerprint density at radius 3 is 2.12 bits per heavy atom. The number of benzene rings is 5. The van der Waals surface area contributed by atoms with E-state index in [9.17, 15) is 0 Å². The highest BCUT2D eigenvalue weighted by molar-refractivity contribution is 6.01. The maximum atomic E-state index is 5.30. The van der Waals surface area contributed by atoms with Gasteiger partial charge in [-0.05, 0) is 63.4 Å². The monoisotopic (exact) mass is 522 g/mol. The summed E-state index contributed by atoms with van der Waals surface area (Å²) in [6, 6.07) is 43.7. The average molecular weight is 523 g/mol. The Labute approximate surface area is 239 Å². The standard InChI is InChI=1S/C39H26N2/c1-2-13-25(14-3-1)37-29-18-7-11-24-35(29)40-38(41-37)30-19-12-23-34-36(30)28-17-6-10-22-33(28)39(34)31-20-8-4-15-26(31)27-16-5-9-21-32(27)39/h1-8,10-20,22-24H,9,21H2. The summed E-state index contributed by atoms with van der Waals surface area (Å²) >= 11 is 0. The van der Waals surface area contributed by atoms with Gasteiger partial charge in [-0.3, -0.25) is 0 Å². The van der Waals surface area contributed by atoms with Gasteiger partial charge in [-0.25, -0.2) is 9.97 Å². The summed E-state index contributed by atoms with van der Waals surface area (Å²) in [5.74, 6) is 0.773. The van der Waals surface area contributed by atoms with Crippen LogP contribution in [0, 0.1) is 0 Å². The molecule has 192 valence electrons. The molecule has 0 saturated carbocycles. The van der Waals surface area contributed by atoms with Crippen LogP contribution in [0.15, 0.2) is 139 Å². The maximum Gasteiger partial charge on any atom is 0.161 e. The summed E-state index contributed by atoms with van der Waals surface area (Å²) in [5.41, 5.74) is 14.8. The van der Waals surface area contributed by atoms with Gasteiger partial charge in [0.25, 0.3) is 0 Å². The number of hydrogen-bond donors (Lipinski definition) is 0.